The van der Waals surface area contributed by atoms with Gasteiger partial charge in [-0.15, -0.1) is 0 Å². The molecular weight excluding hydrogens is 376 g/mol. The Balaban J connectivity index is 1.79. The minimum Gasteiger partial charge on any atom is -0.267 e. The van der Waals surface area contributed by atoms with Gasteiger partial charge in [-0.25, -0.2) is 9.38 Å². The minimum absolute atomic E-state index is 0.0524. The number of benzene rings is 1. The minimum atomic E-state index is 0.0524. The van der Waals surface area contributed by atoms with Crippen molar-refractivity contribution < 1.29 is 0 Å². The predicted molar refractivity (Wildman–Crippen MR) is 125 cm³/mol. The van der Waals surface area contributed by atoms with Crippen molar-refractivity contribution in [1.82, 2.24) is 9.38 Å². The van der Waals surface area contributed by atoms with E-state index in [2.05, 4.69) is 65.5 Å². The zero-order valence-corrected chi connectivity index (χ0v) is 18.7. The van der Waals surface area contributed by atoms with E-state index in [1.54, 1.807) is 4.40 Å². The van der Waals surface area contributed by atoms with Crippen LogP contribution in [-0.4, -0.2) is 9.38 Å². The standard InChI is InChI=1S/C25H28N2OS/c1-7-19-12-18(9-17(6)20(19)8-14(2)3)13-23-24(28)27-22-11-16(5)15(4)10-21(22)26-25(27)29-23/h10-13,18H,2,7-9H2,1,3-6H3/b23-13+. The molecule has 2 heterocycles. The number of allylic oxidation sites excluding steroid dienone is 5. The summed E-state index contributed by atoms with van der Waals surface area (Å²) in [5.41, 5.74) is 9.69. The largest absolute Gasteiger partial charge is 0.274 e. The van der Waals surface area contributed by atoms with E-state index in [-0.39, 0.29) is 11.5 Å². The molecule has 29 heavy (non-hydrogen) atoms. The van der Waals surface area contributed by atoms with Crippen molar-refractivity contribution in [2.24, 2.45) is 5.92 Å². The number of nitrogens with zero attached hydrogens (tertiary/aromatic N) is 2. The molecule has 4 heteroatoms. The fraction of sp³-hybridized carbons (Fsp3) is 0.360. The van der Waals surface area contributed by atoms with E-state index < -0.39 is 0 Å². The van der Waals surface area contributed by atoms with Gasteiger partial charge < -0.3 is 0 Å². The number of hydrogen-bond acceptors (Lipinski definition) is 3. The first-order valence-corrected chi connectivity index (χ1v) is 11.1. The van der Waals surface area contributed by atoms with Crippen LogP contribution in [-0.2, 0) is 0 Å². The van der Waals surface area contributed by atoms with Crippen molar-refractivity contribution in [3.8, 4) is 0 Å². The molecule has 3 aromatic rings. The van der Waals surface area contributed by atoms with Crippen molar-refractivity contribution in [2.45, 2.75) is 53.9 Å². The van der Waals surface area contributed by atoms with E-state index >= 15 is 0 Å². The summed E-state index contributed by atoms with van der Waals surface area (Å²) >= 11 is 1.50. The van der Waals surface area contributed by atoms with Crippen molar-refractivity contribution in [1.29, 1.82) is 0 Å². The number of fused-ring (bicyclic) bond motifs is 3. The number of thiazole rings is 1. The van der Waals surface area contributed by atoms with Crippen LogP contribution in [0.2, 0.25) is 0 Å². The molecule has 0 saturated heterocycles. The predicted octanol–water partition coefficient (Wildman–Crippen LogP) is 5.66. The Labute approximate surface area is 175 Å². The summed E-state index contributed by atoms with van der Waals surface area (Å²) < 4.78 is 2.57. The molecule has 150 valence electrons. The zero-order valence-electron chi connectivity index (χ0n) is 17.9. The van der Waals surface area contributed by atoms with Gasteiger partial charge in [0.25, 0.3) is 5.56 Å². The van der Waals surface area contributed by atoms with Crippen LogP contribution in [0.25, 0.3) is 22.1 Å². The first-order chi connectivity index (χ1) is 13.8. The molecule has 1 unspecified atom stereocenters. The molecule has 4 rings (SSSR count). The molecule has 2 aromatic heterocycles. The van der Waals surface area contributed by atoms with Gasteiger partial charge in [0, 0.05) is 5.92 Å². The van der Waals surface area contributed by atoms with Gasteiger partial charge in [0.2, 0.25) is 0 Å². The van der Waals surface area contributed by atoms with E-state index in [9.17, 15) is 4.79 Å². The van der Waals surface area contributed by atoms with Gasteiger partial charge in [-0.2, -0.15) is 0 Å². The molecule has 1 atom stereocenters. The van der Waals surface area contributed by atoms with E-state index in [1.807, 2.05) is 0 Å². The molecule has 0 fully saturated rings. The Morgan fingerprint density at radius 3 is 2.72 bits per heavy atom. The highest BCUT2D eigenvalue weighted by atomic mass is 32.1. The average Bonchev–Trinajstić information content (AvgIpc) is 3.13. The summed E-state index contributed by atoms with van der Waals surface area (Å²) in [5, 5.41) is 0. The number of rotatable bonds is 4. The lowest BCUT2D eigenvalue weighted by Crippen LogP contribution is -2.24. The molecule has 1 aliphatic rings. The molecule has 1 aromatic carbocycles. The highest BCUT2D eigenvalue weighted by Crippen LogP contribution is 2.34. The second kappa shape index (κ2) is 7.42. The molecule has 0 saturated carbocycles. The quantitative estimate of drug-likeness (QED) is 0.526. The molecule has 0 radical (unpaired) electrons. The summed E-state index contributed by atoms with van der Waals surface area (Å²) in [4.78, 5) is 18.7. The fourth-order valence-electron chi connectivity index (χ4n) is 4.30. The van der Waals surface area contributed by atoms with Gasteiger partial charge in [-0.1, -0.05) is 48.1 Å². The Hall–Kier alpha value is -2.46. The normalized spacial score (nSPS) is 18.2. The van der Waals surface area contributed by atoms with Gasteiger partial charge in [-0.05, 0) is 81.4 Å². The van der Waals surface area contributed by atoms with Gasteiger partial charge in [0.1, 0.15) is 0 Å². The molecule has 0 aliphatic heterocycles. The topological polar surface area (TPSA) is 34.4 Å². The highest BCUT2D eigenvalue weighted by Gasteiger charge is 2.19. The zero-order chi connectivity index (χ0) is 20.9. The van der Waals surface area contributed by atoms with Gasteiger partial charge in [-0.3, -0.25) is 4.79 Å². The smallest absolute Gasteiger partial charge is 0.267 e. The average molecular weight is 405 g/mol. The molecule has 0 N–H and O–H groups in total. The molecule has 3 nitrogen and oxygen atoms in total. The lowest BCUT2D eigenvalue weighted by molar-refractivity contribution is 0.772. The molecule has 0 bridgehead atoms. The van der Waals surface area contributed by atoms with Gasteiger partial charge >= 0.3 is 0 Å². The molecular formula is C25H28N2OS. The first-order valence-electron chi connectivity index (χ1n) is 10.3. The van der Waals surface area contributed by atoms with E-state index in [1.165, 1.54) is 44.8 Å². The Morgan fingerprint density at radius 1 is 1.31 bits per heavy atom. The molecule has 1 aliphatic carbocycles. The van der Waals surface area contributed by atoms with Crippen molar-refractivity contribution in [3.63, 3.8) is 0 Å². The van der Waals surface area contributed by atoms with E-state index in [0.29, 0.717) is 0 Å². The number of imidazole rings is 1. The third kappa shape index (κ3) is 3.51. The van der Waals surface area contributed by atoms with Crippen LogP contribution in [0.1, 0.15) is 51.2 Å². The third-order valence-electron chi connectivity index (χ3n) is 5.94. The second-order valence-corrected chi connectivity index (χ2v) is 9.41. The maximum Gasteiger partial charge on any atom is 0.274 e. The lowest BCUT2D eigenvalue weighted by atomic mass is 9.82. The van der Waals surface area contributed by atoms with Crippen molar-refractivity contribution in [2.75, 3.05) is 0 Å². The molecule has 0 amide bonds. The summed E-state index contributed by atoms with van der Waals surface area (Å²) in [6.45, 7) is 14.8. The summed E-state index contributed by atoms with van der Waals surface area (Å²) in [6.07, 6.45) is 7.41. The van der Waals surface area contributed by atoms with Crippen LogP contribution in [0.4, 0.5) is 0 Å². The van der Waals surface area contributed by atoms with Crippen LogP contribution in [0.15, 0.2) is 51.9 Å². The molecule has 0 spiro atoms. The monoisotopic (exact) mass is 404 g/mol. The summed E-state index contributed by atoms with van der Waals surface area (Å²) in [6, 6.07) is 4.15. The van der Waals surface area contributed by atoms with Crippen LogP contribution in [0.3, 0.4) is 0 Å². The van der Waals surface area contributed by atoms with Crippen molar-refractivity contribution >= 4 is 33.4 Å². The Kier molecular flexibility index (Phi) is 5.07. The van der Waals surface area contributed by atoms with Gasteiger partial charge in [0.05, 0.1) is 15.6 Å². The maximum atomic E-state index is 13.2. The van der Waals surface area contributed by atoms with Crippen LogP contribution in [0, 0.1) is 19.8 Å². The van der Waals surface area contributed by atoms with Crippen molar-refractivity contribution in [3.05, 3.63) is 73.1 Å². The first kappa shape index (κ1) is 19.8. The van der Waals surface area contributed by atoms with Crippen LogP contribution >= 0.6 is 11.3 Å². The lowest BCUT2D eigenvalue weighted by Gasteiger charge is -2.24. The Bertz CT molecular complexity index is 1320. The highest BCUT2D eigenvalue weighted by molar-refractivity contribution is 7.15. The van der Waals surface area contributed by atoms with Gasteiger partial charge in [0.15, 0.2) is 4.96 Å². The van der Waals surface area contributed by atoms with E-state index in [0.717, 1.165) is 39.8 Å². The number of aryl methyl sites for hydroxylation is 2. The third-order valence-corrected chi connectivity index (χ3v) is 6.93. The Morgan fingerprint density at radius 2 is 2.03 bits per heavy atom. The van der Waals surface area contributed by atoms with E-state index in [4.69, 9.17) is 4.98 Å². The summed E-state index contributed by atoms with van der Waals surface area (Å²) in [5.74, 6) is 0.255. The SMILES string of the molecule is C=C(C)CC1=C(C)CC(/C=c2/sc3nc4cc(C)c(C)cc4n3c2=O)C=C1CC. The second-order valence-electron chi connectivity index (χ2n) is 8.40. The maximum absolute atomic E-state index is 13.2. The fourth-order valence-corrected chi connectivity index (χ4v) is 5.34. The summed E-state index contributed by atoms with van der Waals surface area (Å²) in [7, 11) is 0. The van der Waals surface area contributed by atoms with Crippen LogP contribution < -0.4 is 10.1 Å². The number of aromatic nitrogens is 2. The number of hydrogen-bond donors (Lipinski definition) is 0. The van der Waals surface area contributed by atoms with Crippen LogP contribution in [0.5, 0.6) is 0 Å².